The van der Waals surface area contributed by atoms with Gasteiger partial charge in [-0.3, -0.25) is 4.98 Å². The first-order chi connectivity index (χ1) is 10.2. The van der Waals surface area contributed by atoms with Gasteiger partial charge in [0.15, 0.2) is 0 Å². The molecule has 0 aliphatic carbocycles. The van der Waals surface area contributed by atoms with Crippen LogP contribution >= 0.6 is 0 Å². The van der Waals surface area contributed by atoms with Crippen molar-refractivity contribution < 1.29 is 15.0 Å². The third kappa shape index (κ3) is 7.16. The van der Waals surface area contributed by atoms with E-state index in [-0.39, 0.29) is 0 Å². The van der Waals surface area contributed by atoms with Gasteiger partial charge >= 0.3 is 0 Å². The van der Waals surface area contributed by atoms with Gasteiger partial charge in [0.1, 0.15) is 12.4 Å². The number of pyridine rings is 1. The zero-order valence-electron chi connectivity index (χ0n) is 12.6. The Morgan fingerprint density at radius 3 is 2.76 bits per heavy atom. The average molecular weight is 291 g/mol. The van der Waals surface area contributed by atoms with Gasteiger partial charge in [-0.1, -0.05) is 38.3 Å². The Morgan fingerprint density at radius 1 is 1.24 bits per heavy atom. The summed E-state index contributed by atoms with van der Waals surface area (Å²) in [5, 5.41) is 19.2. The van der Waals surface area contributed by atoms with Crippen LogP contribution in [0.4, 0.5) is 0 Å². The maximum absolute atomic E-state index is 10.3. The number of unbranched alkanes of at least 4 members (excludes halogenated alkanes) is 2. The van der Waals surface area contributed by atoms with Gasteiger partial charge < -0.3 is 15.0 Å². The molecule has 2 N–H and O–H groups in total. The second-order valence-corrected chi connectivity index (χ2v) is 5.18. The van der Waals surface area contributed by atoms with Crippen LogP contribution in [-0.4, -0.2) is 27.6 Å². The lowest BCUT2D eigenvalue weighted by Crippen LogP contribution is -2.06. The molecule has 2 atom stereocenters. The molecule has 0 aliphatic heterocycles. The number of allylic oxidation sites excluding steroid dienone is 1. The average Bonchev–Trinajstić information content (AvgIpc) is 2.51. The van der Waals surface area contributed by atoms with Crippen LogP contribution in [0, 0.1) is 0 Å². The van der Waals surface area contributed by atoms with E-state index >= 15 is 0 Å². The third-order valence-electron chi connectivity index (χ3n) is 3.29. The predicted molar refractivity (Wildman–Crippen MR) is 83.7 cm³/mol. The lowest BCUT2D eigenvalue weighted by molar-refractivity contribution is -0.115. The fraction of sp³-hybridized carbons (Fsp3) is 0.529. The van der Waals surface area contributed by atoms with Crippen molar-refractivity contribution in [3.05, 3.63) is 35.7 Å². The van der Waals surface area contributed by atoms with E-state index in [1.165, 1.54) is 0 Å². The normalized spacial score (nSPS) is 14.2. The second-order valence-electron chi connectivity index (χ2n) is 5.18. The highest BCUT2D eigenvalue weighted by molar-refractivity contribution is 5.55. The third-order valence-corrected chi connectivity index (χ3v) is 3.29. The van der Waals surface area contributed by atoms with Crippen molar-refractivity contribution in [2.45, 2.75) is 57.7 Å². The number of hydrogen-bond acceptors (Lipinski definition) is 4. The molecular weight excluding hydrogens is 266 g/mol. The SMILES string of the molecule is CCCCCC(O)c1cccc(/C=C\CCC(O)C=O)n1. The van der Waals surface area contributed by atoms with Gasteiger partial charge in [0, 0.05) is 0 Å². The van der Waals surface area contributed by atoms with Crippen molar-refractivity contribution in [3.8, 4) is 0 Å². The van der Waals surface area contributed by atoms with E-state index in [4.69, 9.17) is 5.11 Å². The Bertz CT molecular complexity index is 445. The van der Waals surface area contributed by atoms with Crippen molar-refractivity contribution in [1.82, 2.24) is 4.98 Å². The van der Waals surface area contributed by atoms with E-state index in [0.717, 1.165) is 31.4 Å². The first kappa shape index (κ1) is 17.5. The summed E-state index contributed by atoms with van der Waals surface area (Å²) in [5.74, 6) is 0. The summed E-state index contributed by atoms with van der Waals surface area (Å²) in [6.45, 7) is 2.14. The maximum atomic E-state index is 10.3. The molecule has 1 aromatic rings. The maximum Gasteiger partial charge on any atom is 0.148 e. The van der Waals surface area contributed by atoms with Crippen LogP contribution in [0.25, 0.3) is 6.08 Å². The molecule has 0 radical (unpaired) electrons. The van der Waals surface area contributed by atoms with Crippen LogP contribution in [0.2, 0.25) is 0 Å². The number of carbonyl (C=O) groups excluding carboxylic acids is 1. The van der Waals surface area contributed by atoms with E-state index in [1.54, 1.807) is 0 Å². The summed E-state index contributed by atoms with van der Waals surface area (Å²) in [6, 6.07) is 5.59. The number of aliphatic hydroxyl groups excluding tert-OH is 2. The number of nitrogens with zero attached hydrogens (tertiary/aromatic N) is 1. The van der Waals surface area contributed by atoms with Crippen molar-refractivity contribution in [1.29, 1.82) is 0 Å². The summed E-state index contributed by atoms with van der Waals surface area (Å²) in [7, 11) is 0. The first-order valence-corrected chi connectivity index (χ1v) is 7.62. The summed E-state index contributed by atoms with van der Waals surface area (Å²) in [4.78, 5) is 14.7. The fourth-order valence-electron chi connectivity index (χ4n) is 2.02. The van der Waals surface area contributed by atoms with Crippen LogP contribution in [0.5, 0.6) is 0 Å². The van der Waals surface area contributed by atoms with Crippen LogP contribution in [0.1, 0.15) is 62.9 Å². The fourth-order valence-corrected chi connectivity index (χ4v) is 2.02. The first-order valence-electron chi connectivity index (χ1n) is 7.62. The van der Waals surface area contributed by atoms with Gasteiger partial charge in [0.05, 0.1) is 17.5 Å². The molecule has 0 saturated carbocycles. The van der Waals surface area contributed by atoms with Gasteiger partial charge in [-0.05, 0) is 37.5 Å². The number of aliphatic hydroxyl groups is 2. The zero-order valence-corrected chi connectivity index (χ0v) is 12.6. The smallest absolute Gasteiger partial charge is 0.148 e. The topological polar surface area (TPSA) is 70.4 Å². The van der Waals surface area contributed by atoms with Crippen LogP contribution in [-0.2, 0) is 4.79 Å². The Hall–Kier alpha value is -1.52. The summed E-state index contributed by atoms with van der Waals surface area (Å²) < 4.78 is 0. The van der Waals surface area contributed by atoms with Gasteiger partial charge in [-0.2, -0.15) is 0 Å². The predicted octanol–water partition coefficient (Wildman–Crippen LogP) is 3.05. The Kier molecular flexibility index (Phi) is 8.55. The van der Waals surface area contributed by atoms with E-state index < -0.39 is 12.2 Å². The number of carbonyl (C=O) groups is 1. The molecule has 21 heavy (non-hydrogen) atoms. The summed E-state index contributed by atoms with van der Waals surface area (Å²) in [6.07, 6.45) is 7.88. The van der Waals surface area contributed by atoms with Crippen LogP contribution in [0.3, 0.4) is 0 Å². The summed E-state index contributed by atoms with van der Waals surface area (Å²) >= 11 is 0. The van der Waals surface area contributed by atoms with Gasteiger partial charge in [-0.15, -0.1) is 0 Å². The van der Waals surface area contributed by atoms with E-state index in [1.807, 2.05) is 30.4 Å². The highest BCUT2D eigenvalue weighted by Gasteiger charge is 2.08. The second kappa shape index (κ2) is 10.2. The molecule has 0 aromatic carbocycles. The Labute approximate surface area is 126 Å². The van der Waals surface area contributed by atoms with Gasteiger partial charge in [0.25, 0.3) is 0 Å². The van der Waals surface area contributed by atoms with Crippen LogP contribution < -0.4 is 0 Å². The highest BCUT2D eigenvalue weighted by Crippen LogP contribution is 2.18. The molecule has 0 spiro atoms. The van der Waals surface area contributed by atoms with E-state index in [9.17, 15) is 9.90 Å². The Morgan fingerprint density at radius 2 is 2.05 bits per heavy atom. The lowest BCUT2D eigenvalue weighted by atomic mass is 10.1. The van der Waals surface area contributed by atoms with Crippen molar-refractivity contribution >= 4 is 12.4 Å². The molecule has 116 valence electrons. The molecule has 0 bridgehead atoms. The number of hydrogen-bond donors (Lipinski definition) is 2. The van der Waals surface area contributed by atoms with E-state index in [0.29, 0.717) is 24.8 Å². The van der Waals surface area contributed by atoms with Crippen LogP contribution in [0.15, 0.2) is 24.3 Å². The molecular formula is C17H25NO3. The van der Waals surface area contributed by atoms with Crippen molar-refractivity contribution in [3.63, 3.8) is 0 Å². The summed E-state index contributed by atoms with van der Waals surface area (Å²) in [5.41, 5.74) is 1.48. The van der Waals surface area contributed by atoms with Crippen molar-refractivity contribution in [2.75, 3.05) is 0 Å². The standard InChI is InChI=1S/C17H25NO3/c1-2-3-4-12-17(21)16-11-7-9-14(18-16)8-5-6-10-15(20)13-19/h5,7-9,11,13,15,17,20-21H,2-4,6,10,12H2,1H3/b8-5-. The minimum absolute atomic E-state index is 0.416. The lowest BCUT2D eigenvalue weighted by Gasteiger charge is -2.10. The van der Waals surface area contributed by atoms with E-state index in [2.05, 4.69) is 11.9 Å². The molecule has 0 amide bonds. The molecule has 1 heterocycles. The molecule has 0 fully saturated rings. The molecule has 2 unspecified atom stereocenters. The minimum atomic E-state index is -0.894. The zero-order chi connectivity index (χ0) is 15.5. The highest BCUT2D eigenvalue weighted by atomic mass is 16.3. The largest absolute Gasteiger partial charge is 0.387 e. The monoisotopic (exact) mass is 291 g/mol. The molecule has 0 aliphatic rings. The minimum Gasteiger partial charge on any atom is -0.387 e. The molecule has 1 aromatic heterocycles. The van der Waals surface area contributed by atoms with Gasteiger partial charge in [-0.25, -0.2) is 0 Å². The molecule has 1 rings (SSSR count). The number of aromatic nitrogens is 1. The van der Waals surface area contributed by atoms with Gasteiger partial charge in [0.2, 0.25) is 0 Å². The van der Waals surface area contributed by atoms with Crippen molar-refractivity contribution in [2.24, 2.45) is 0 Å². The number of rotatable bonds is 10. The molecule has 4 heteroatoms. The molecule has 4 nitrogen and oxygen atoms in total. The molecule has 0 saturated heterocycles. The number of aldehydes is 1. The quantitative estimate of drug-likeness (QED) is 0.513. The Balaban J connectivity index is 2.51.